The summed E-state index contributed by atoms with van der Waals surface area (Å²) < 4.78 is 15.6. The van der Waals surface area contributed by atoms with Crippen LogP contribution in [0.3, 0.4) is 0 Å². The van der Waals surface area contributed by atoms with Gasteiger partial charge in [0.05, 0.1) is 22.4 Å². The highest BCUT2D eigenvalue weighted by atomic mass is 35.5. The van der Waals surface area contributed by atoms with E-state index in [9.17, 15) is 14.5 Å². The minimum absolute atomic E-state index is 0.0443. The number of halogens is 2. The second-order valence-corrected chi connectivity index (χ2v) is 5.08. The molecule has 0 unspecified atom stereocenters. The molecule has 0 aliphatic carbocycles. The summed E-state index contributed by atoms with van der Waals surface area (Å²) in [6.07, 6.45) is 1.71. The lowest BCUT2D eigenvalue weighted by atomic mass is 10.2. The van der Waals surface area contributed by atoms with E-state index in [2.05, 4.69) is 0 Å². The lowest BCUT2D eigenvalue weighted by Gasteiger charge is -2.07. The van der Waals surface area contributed by atoms with Crippen molar-refractivity contribution in [1.82, 2.24) is 4.57 Å². The monoisotopic (exact) mass is 304 g/mol. The Balaban J connectivity index is 2.06. The molecule has 0 atom stereocenters. The largest absolute Gasteiger partial charge is 0.343 e. The van der Waals surface area contributed by atoms with Gasteiger partial charge in [-0.15, -0.1) is 0 Å². The van der Waals surface area contributed by atoms with Crippen LogP contribution in [-0.2, 0) is 6.54 Å². The Bertz CT molecular complexity index is 845. The molecule has 1 heterocycles. The second kappa shape index (κ2) is 5.18. The molecule has 2 aromatic carbocycles. The van der Waals surface area contributed by atoms with Crippen molar-refractivity contribution < 1.29 is 9.31 Å². The average molecular weight is 305 g/mol. The van der Waals surface area contributed by atoms with Gasteiger partial charge in [-0.25, -0.2) is 4.39 Å². The van der Waals surface area contributed by atoms with Crippen molar-refractivity contribution in [3.05, 3.63) is 75.2 Å². The third-order valence-electron chi connectivity index (χ3n) is 3.34. The molecule has 0 fully saturated rings. The SMILES string of the molecule is O=[N+]([O-])c1cccc2c1ccn2Cc1ccc(Cl)cc1F. The molecule has 3 rings (SSSR count). The molecule has 4 nitrogen and oxygen atoms in total. The van der Waals surface area contributed by atoms with Crippen LogP contribution in [-0.4, -0.2) is 9.49 Å². The van der Waals surface area contributed by atoms with Crippen LogP contribution in [0.15, 0.2) is 48.7 Å². The summed E-state index contributed by atoms with van der Waals surface area (Å²) in [6, 6.07) is 11.0. The van der Waals surface area contributed by atoms with Gasteiger partial charge in [-0.1, -0.05) is 23.7 Å². The first-order chi connectivity index (χ1) is 10.1. The maximum atomic E-state index is 13.8. The Hall–Kier alpha value is -2.40. The number of hydrogen-bond acceptors (Lipinski definition) is 2. The molecule has 0 amide bonds. The fraction of sp³-hybridized carbons (Fsp3) is 0.0667. The van der Waals surface area contributed by atoms with E-state index < -0.39 is 10.7 Å². The first-order valence-corrected chi connectivity index (χ1v) is 6.60. The van der Waals surface area contributed by atoms with Crippen LogP contribution in [0, 0.1) is 15.9 Å². The predicted octanol–water partition coefficient (Wildman–Crippen LogP) is 4.39. The molecular formula is C15H10ClFN2O2. The summed E-state index contributed by atoms with van der Waals surface area (Å²) in [7, 11) is 0. The van der Waals surface area contributed by atoms with Gasteiger partial charge in [0, 0.05) is 22.8 Å². The van der Waals surface area contributed by atoms with E-state index in [0.29, 0.717) is 21.5 Å². The highest BCUT2D eigenvalue weighted by molar-refractivity contribution is 6.30. The van der Waals surface area contributed by atoms with Crippen molar-refractivity contribution in [2.45, 2.75) is 6.54 Å². The van der Waals surface area contributed by atoms with Gasteiger partial charge >= 0.3 is 0 Å². The number of aromatic nitrogens is 1. The highest BCUT2D eigenvalue weighted by Gasteiger charge is 2.14. The highest BCUT2D eigenvalue weighted by Crippen LogP contribution is 2.27. The maximum absolute atomic E-state index is 13.8. The Kier molecular flexibility index (Phi) is 3.35. The minimum Gasteiger partial charge on any atom is -0.343 e. The molecule has 0 aliphatic heterocycles. The molecule has 0 spiro atoms. The molecule has 6 heteroatoms. The van der Waals surface area contributed by atoms with E-state index >= 15 is 0 Å². The van der Waals surface area contributed by atoms with Crippen LogP contribution in [0.5, 0.6) is 0 Å². The summed E-state index contributed by atoms with van der Waals surface area (Å²) in [5.74, 6) is -0.394. The van der Waals surface area contributed by atoms with Crippen LogP contribution in [0.1, 0.15) is 5.56 Å². The molecule has 21 heavy (non-hydrogen) atoms. The molecule has 0 aliphatic rings. The van der Waals surface area contributed by atoms with Gasteiger partial charge in [0.1, 0.15) is 5.82 Å². The van der Waals surface area contributed by atoms with Crippen LogP contribution in [0.25, 0.3) is 10.9 Å². The molecule has 0 bridgehead atoms. The third-order valence-corrected chi connectivity index (χ3v) is 3.58. The molecule has 0 radical (unpaired) electrons. The van der Waals surface area contributed by atoms with Crippen molar-refractivity contribution in [3.63, 3.8) is 0 Å². The van der Waals surface area contributed by atoms with Crippen LogP contribution in [0.2, 0.25) is 5.02 Å². The first-order valence-electron chi connectivity index (χ1n) is 6.22. The van der Waals surface area contributed by atoms with E-state index in [1.807, 2.05) is 0 Å². The Morgan fingerprint density at radius 3 is 2.76 bits per heavy atom. The van der Waals surface area contributed by atoms with Crippen LogP contribution < -0.4 is 0 Å². The number of hydrogen-bond donors (Lipinski definition) is 0. The van der Waals surface area contributed by atoms with E-state index in [-0.39, 0.29) is 12.2 Å². The molecule has 0 saturated carbocycles. The van der Waals surface area contributed by atoms with Gasteiger partial charge in [0.25, 0.3) is 5.69 Å². The van der Waals surface area contributed by atoms with Crippen molar-refractivity contribution in [3.8, 4) is 0 Å². The normalized spacial score (nSPS) is 11.0. The van der Waals surface area contributed by atoms with Gasteiger partial charge < -0.3 is 4.57 Å². The summed E-state index contributed by atoms with van der Waals surface area (Å²) in [5.41, 5.74) is 1.21. The predicted molar refractivity (Wildman–Crippen MR) is 79.1 cm³/mol. The number of benzene rings is 2. The maximum Gasteiger partial charge on any atom is 0.278 e. The topological polar surface area (TPSA) is 48.1 Å². The Labute approximate surface area is 124 Å². The molecule has 3 aromatic rings. The van der Waals surface area contributed by atoms with Crippen molar-refractivity contribution in [1.29, 1.82) is 0 Å². The third kappa shape index (κ3) is 2.48. The Morgan fingerprint density at radius 1 is 1.24 bits per heavy atom. The van der Waals surface area contributed by atoms with Crippen molar-refractivity contribution in [2.75, 3.05) is 0 Å². The van der Waals surface area contributed by atoms with Gasteiger partial charge in [-0.3, -0.25) is 10.1 Å². The van der Waals surface area contributed by atoms with E-state index in [4.69, 9.17) is 11.6 Å². The summed E-state index contributed by atoms with van der Waals surface area (Å²) in [4.78, 5) is 10.6. The number of nitrogens with zero attached hydrogens (tertiary/aromatic N) is 2. The van der Waals surface area contributed by atoms with E-state index in [1.165, 1.54) is 12.1 Å². The fourth-order valence-electron chi connectivity index (χ4n) is 2.34. The van der Waals surface area contributed by atoms with Gasteiger partial charge in [0.15, 0.2) is 0 Å². The molecule has 1 aromatic heterocycles. The Morgan fingerprint density at radius 2 is 2.05 bits per heavy atom. The smallest absolute Gasteiger partial charge is 0.278 e. The van der Waals surface area contributed by atoms with Crippen LogP contribution >= 0.6 is 11.6 Å². The summed E-state index contributed by atoms with van der Waals surface area (Å²) in [5, 5.41) is 11.9. The van der Waals surface area contributed by atoms with E-state index in [1.54, 1.807) is 41.1 Å². The molecular weight excluding hydrogens is 295 g/mol. The lowest BCUT2D eigenvalue weighted by molar-refractivity contribution is -0.383. The molecule has 106 valence electrons. The fourth-order valence-corrected chi connectivity index (χ4v) is 2.50. The minimum atomic E-state index is -0.421. The number of nitro benzene ring substituents is 1. The zero-order valence-corrected chi connectivity index (χ0v) is 11.5. The number of rotatable bonds is 3. The second-order valence-electron chi connectivity index (χ2n) is 4.65. The first kappa shape index (κ1) is 13.6. The van der Waals surface area contributed by atoms with Gasteiger partial charge in [-0.05, 0) is 24.3 Å². The van der Waals surface area contributed by atoms with E-state index in [0.717, 1.165) is 0 Å². The van der Waals surface area contributed by atoms with Gasteiger partial charge in [-0.2, -0.15) is 0 Å². The molecule has 0 N–H and O–H groups in total. The number of fused-ring (bicyclic) bond motifs is 1. The zero-order chi connectivity index (χ0) is 15.0. The van der Waals surface area contributed by atoms with Crippen LogP contribution in [0.4, 0.5) is 10.1 Å². The van der Waals surface area contributed by atoms with Gasteiger partial charge in [0.2, 0.25) is 0 Å². The van der Waals surface area contributed by atoms with Crippen molar-refractivity contribution >= 4 is 28.2 Å². The quantitative estimate of drug-likeness (QED) is 0.532. The standard InChI is InChI=1S/C15H10ClFN2O2/c16-11-5-4-10(13(17)8-11)9-18-7-6-12-14(18)2-1-3-15(12)19(20)21/h1-8H,9H2. The summed E-state index contributed by atoms with van der Waals surface area (Å²) in [6.45, 7) is 0.285. The van der Waals surface area contributed by atoms with Crippen molar-refractivity contribution in [2.24, 2.45) is 0 Å². The number of non-ortho nitro benzene ring substituents is 1. The molecule has 0 saturated heterocycles. The average Bonchev–Trinajstić information content (AvgIpc) is 2.85. The zero-order valence-electron chi connectivity index (χ0n) is 10.8. The number of nitro groups is 1. The summed E-state index contributed by atoms with van der Waals surface area (Å²) >= 11 is 5.73. The lowest BCUT2D eigenvalue weighted by Crippen LogP contribution is -2.00.